The van der Waals surface area contributed by atoms with E-state index in [1.54, 1.807) is 22.7 Å². The Kier molecular flexibility index (Phi) is 6.27. The number of aryl methyl sites for hydroxylation is 2. The van der Waals surface area contributed by atoms with E-state index in [9.17, 15) is 10.1 Å². The molecule has 9 heteroatoms. The maximum atomic E-state index is 12.6. The van der Waals surface area contributed by atoms with Gasteiger partial charge in [-0.05, 0) is 58.1 Å². The number of nitriles is 1. The summed E-state index contributed by atoms with van der Waals surface area (Å²) in [5, 5.41) is 24.8. The molecular formula is C21H23N5OS3. The molecule has 1 aliphatic rings. The van der Waals surface area contributed by atoms with Crippen LogP contribution in [0.15, 0.2) is 16.6 Å². The van der Waals surface area contributed by atoms with Gasteiger partial charge in [0.2, 0.25) is 5.91 Å². The molecule has 0 unspecified atom stereocenters. The van der Waals surface area contributed by atoms with Crippen LogP contribution in [0.3, 0.4) is 0 Å². The maximum absolute atomic E-state index is 12.6. The van der Waals surface area contributed by atoms with Crippen LogP contribution in [-0.4, -0.2) is 26.4 Å². The minimum Gasteiger partial charge on any atom is -0.316 e. The molecule has 0 aromatic carbocycles. The highest BCUT2D eigenvalue weighted by Gasteiger charge is 2.23. The van der Waals surface area contributed by atoms with Gasteiger partial charge in [-0.3, -0.25) is 9.36 Å². The van der Waals surface area contributed by atoms with Crippen LogP contribution < -0.4 is 5.32 Å². The molecule has 0 saturated heterocycles. The van der Waals surface area contributed by atoms with Crippen LogP contribution in [0.25, 0.3) is 11.4 Å². The summed E-state index contributed by atoms with van der Waals surface area (Å²) in [6, 6.07) is 4.58. The average molecular weight is 458 g/mol. The van der Waals surface area contributed by atoms with E-state index in [4.69, 9.17) is 0 Å². The smallest absolute Gasteiger partial charge is 0.235 e. The summed E-state index contributed by atoms with van der Waals surface area (Å²) in [5.74, 6) is 0.928. The van der Waals surface area contributed by atoms with Crippen molar-refractivity contribution >= 4 is 45.3 Å². The molecule has 0 radical (unpaired) electrons. The number of anilines is 1. The molecule has 3 aromatic rings. The Balaban J connectivity index is 1.48. The lowest BCUT2D eigenvalue weighted by molar-refractivity contribution is -0.113. The average Bonchev–Trinajstić information content (AvgIpc) is 3.42. The van der Waals surface area contributed by atoms with E-state index in [1.807, 2.05) is 0 Å². The molecular weight excluding hydrogens is 434 g/mol. The van der Waals surface area contributed by atoms with Gasteiger partial charge in [-0.1, -0.05) is 11.8 Å². The topological polar surface area (TPSA) is 83.6 Å². The fourth-order valence-electron chi connectivity index (χ4n) is 3.66. The molecule has 30 heavy (non-hydrogen) atoms. The van der Waals surface area contributed by atoms with E-state index in [2.05, 4.69) is 58.4 Å². The molecule has 0 fully saturated rings. The second-order valence-electron chi connectivity index (χ2n) is 7.58. The van der Waals surface area contributed by atoms with Crippen molar-refractivity contribution in [3.8, 4) is 17.5 Å². The summed E-state index contributed by atoms with van der Waals surface area (Å²) in [5.41, 5.74) is 2.83. The predicted molar refractivity (Wildman–Crippen MR) is 123 cm³/mol. The van der Waals surface area contributed by atoms with Crippen molar-refractivity contribution in [1.82, 2.24) is 14.8 Å². The zero-order valence-electron chi connectivity index (χ0n) is 17.2. The van der Waals surface area contributed by atoms with Gasteiger partial charge in [0, 0.05) is 26.7 Å². The molecule has 0 bridgehead atoms. The van der Waals surface area contributed by atoms with Crippen molar-refractivity contribution in [2.45, 2.75) is 57.7 Å². The normalized spacial score (nSPS) is 13.3. The Hall–Kier alpha value is -2.15. The highest BCUT2D eigenvalue weighted by Crippen LogP contribution is 2.38. The van der Waals surface area contributed by atoms with E-state index in [-0.39, 0.29) is 17.7 Å². The van der Waals surface area contributed by atoms with Gasteiger partial charge in [-0.2, -0.15) is 5.26 Å². The number of thiophene rings is 2. The second kappa shape index (κ2) is 8.92. The maximum Gasteiger partial charge on any atom is 0.235 e. The first kappa shape index (κ1) is 21.1. The number of nitrogens with zero attached hydrogens (tertiary/aromatic N) is 4. The zero-order valence-corrected chi connectivity index (χ0v) is 19.6. The third-order valence-electron chi connectivity index (χ3n) is 5.04. The number of thioether (sulfide) groups is 1. The number of carbonyl (C=O) groups is 1. The summed E-state index contributed by atoms with van der Waals surface area (Å²) in [4.78, 5) is 15.1. The van der Waals surface area contributed by atoms with Gasteiger partial charge in [0.25, 0.3) is 0 Å². The minimum atomic E-state index is -0.124. The molecule has 6 nitrogen and oxygen atoms in total. The first-order valence-electron chi connectivity index (χ1n) is 9.95. The third kappa shape index (κ3) is 4.17. The minimum absolute atomic E-state index is 0.124. The van der Waals surface area contributed by atoms with Gasteiger partial charge in [-0.15, -0.1) is 32.9 Å². The molecule has 4 rings (SSSR count). The Morgan fingerprint density at radius 2 is 2.17 bits per heavy atom. The van der Waals surface area contributed by atoms with Gasteiger partial charge >= 0.3 is 0 Å². The van der Waals surface area contributed by atoms with Crippen molar-refractivity contribution < 1.29 is 4.79 Å². The van der Waals surface area contributed by atoms with Crippen molar-refractivity contribution in [2.75, 3.05) is 11.1 Å². The number of hydrogen-bond acceptors (Lipinski definition) is 7. The Morgan fingerprint density at radius 1 is 1.37 bits per heavy atom. The van der Waals surface area contributed by atoms with Gasteiger partial charge in [-0.25, -0.2) is 0 Å². The van der Waals surface area contributed by atoms with Crippen LogP contribution in [0.1, 0.15) is 53.6 Å². The molecule has 1 N–H and O–H groups in total. The second-order valence-corrected chi connectivity index (χ2v) is 10.7. The number of nitrogens with one attached hydrogen (secondary N) is 1. The lowest BCUT2D eigenvalue weighted by atomic mass is 9.96. The molecule has 0 aliphatic heterocycles. The van der Waals surface area contributed by atoms with Gasteiger partial charge in [0.1, 0.15) is 11.1 Å². The Morgan fingerprint density at radius 3 is 2.87 bits per heavy atom. The Labute approximate surface area is 188 Å². The van der Waals surface area contributed by atoms with Crippen LogP contribution in [0.4, 0.5) is 5.00 Å². The quantitative estimate of drug-likeness (QED) is 0.498. The Bertz CT molecular complexity index is 1120. The number of rotatable bonds is 6. The van der Waals surface area contributed by atoms with Crippen LogP contribution in [0.5, 0.6) is 0 Å². The van der Waals surface area contributed by atoms with E-state index in [0.717, 1.165) is 47.8 Å². The van der Waals surface area contributed by atoms with Gasteiger partial charge in [0.05, 0.1) is 11.3 Å². The molecule has 0 spiro atoms. The summed E-state index contributed by atoms with van der Waals surface area (Å²) in [7, 11) is 0. The zero-order chi connectivity index (χ0) is 21.3. The van der Waals surface area contributed by atoms with Crippen LogP contribution in [0, 0.1) is 18.3 Å². The van der Waals surface area contributed by atoms with Crippen LogP contribution in [0.2, 0.25) is 0 Å². The highest BCUT2D eigenvalue weighted by molar-refractivity contribution is 7.99. The largest absolute Gasteiger partial charge is 0.316 e. The molecule has 0 saturated carbocycles. The summed E-state index contributed by atoms with van der Waals surface area (Å²) in [6.45, 7) is 6.25. The molecule has 3 heterocycles. The van der Waals surface area contributed by atoms with E-state index >= 15 is 0 Å². The molecule has 3 aromatic heterocycles. The van der Waals surface area contributed by atoms with Crippen molar-refractivity contribution in [3.63, 3.8) is 0 Å². The lowest BCUT2D eigenvalue weighted by Gasteiger charge is -2.13. The van der Waals surface area contributed by atoms with E-state index in [1.165, 1.54) is 21.5 Å². The highest BCUT2D eigenvalue weighted by atomic mass is 32.2. The number of hydrogen-bond donors (Lipinski definition) is 1. The molecule has 1 amide bonds. The first-order chi connectivity index (χ1) is 14.5. The van der Waals surface area contributed by atoms with E-state index < -0.39 is 0 Å². The number of carbonyl (C=O) groups excluding carboxylic acids is 1. The SMILES string of the molecule is Cc1cc(-c2nnc(SCC(=O)Nc3sc4c(c3C#N)CCCC4)n2C(C)C)cs1. The van der Waals surface area contributed by atoms with Gasteiger partial charge in [0.15, 0.2) is 11.0 Å². The van der Waals surface area contributed by atoms with Crippen molar-refractivity contribution in [3.05, 3.63) is 32.3 Å². The summed E-state index contributed by atoms with van der Waals surface area (Å²) >= 11 is 4.61. The standard InChI is InChI=1S/C21H23N5OS3/c1-12(2)26-19(14-8-13(3)28-10-14)24-25-21(26)29-11-18(27)23-20-16(9-22)15-6-4-5-7-17(15)30-20/h8,10,12H,4-7,11H2,1-3H3,(H,23,27). The first-order valence-corrected chi connectivity index (χ1v) is 12.6. The van der Waals surface area contributed by atoms with E-state index in [0.29, 0.717) is 10.6 Å². The third-order valence-corrected chi connectivity index (χ3v) is 8.05. The molecule has 0 atom stereocenters. The fourth-order valence-corrected chi connectivity index (χ4v) is 6.47. The summed E-state index contributed by atoms with van der Waals surface area (Å²) in [6.07, 6.45) is 4.19. The lowest BCUT2D eigenvalue weighted by Crippen LogP contribution is -2.15. The van der Waals surface area contributed by atoms with Crippen molar-refractivity contribution in [1.29, 1.82) is 5.26 Å². The predicted octanol–water partition coefficient (Wildman–Crippen LogP) is 5.44. The van der Waals surface area contributed by atoms with Crippen molar-refractivity contribution in [2.24, 2.45) is 0 Å². The number of amides is 1. The van der Waals surface area contributed by atoms with Gasteiger partial charge < -0.3 is 5.32 Å². The molecule has 1 aliphatic carbocycles. The fraction of sp³-hybridized carbons (Fsp3) is 0.429. The number of fused-ring (bicyclic) bond motifs is 1. The summed E-state index contributed by atoms with van der Waals surface area (Å²) < 4.78 is 2.07. The number of aromatic nitrogens is 3. The van der Waals surface area contributed by atoms with Crippen LogP contribution >= 0.6 is 34.4 Å². The monoisotopic (exact) mass is 457 g/mol. The van der Waals surface area contributed by atoms with Crippen LogP contribution in [-0.2, 0) is 17.6 Å². The molecule has 156 valence electrons.